The molecular weight excluding hydrogens is 420 g/mol. The second-order valence-electron chi connectivity index (χ2n) is 8.17. The molecule has 30 heavy (non-hydrogen) atoms. The van der Waals surface area contributed by atoms with Crippen LogP contribution in [-0.2, 0) is 20.6 Å². The first-order valence-electron chi connectivity index (χ1n) is 10.3. The van der Waals surface area contributed by atoms with Gasteiger partial charge in [-0.3, -0.25) is 4.79 Å². The Balaban J connectivity index is 1.65. The molecule has 2 aromatic rings. The lowest BCUT2D eigenvalue weighted by Gasteiger charge is -2.32. The third-order valence-electron chi connectivity index (χ3n) is 5.64. The number of nitrogens with one attached hydrogen (secondary N) is 1. The Hall–Kier alpha value is -1.89. The molecule has 1 aliphatic heterocycles. The summed E-state index contributed by atoms with van der Waals surface area (Å²) >= 11 is 5.98. The molecule has 0 saturated carbocycles. The van der Waals surface area contributed by atoms with Crippen LogP contribution in [0, 0.1) is 19.8 Å². The highest BCUT2D eigenvalue weighted by molar-refractivity contribution is 7.88. The summed E-state index contributed by atoms with van der Waals surface area (Å²) in [5.41, 5.74) is 4.05. The van der Waals surface area contributed by atoms with E-state index in [1.807, 2.05) is 32.9 Å². The molecule has 0 radical (unpaired) electrons. The number of hydrogen-bond donors (Lipinski definition) is 1. The van der Waals surface area contributed by atoms with Crippen LogP contribution in [0.15, 0.2) is 42.5 Å². The fourth-order valence-corrected chi connectivity index (χ4v) is 5.87. The minimum absolute atomic E-state index is 0.0925. The zero-order chi connectivity index (χ0) is 21.9. The van der Waals surface area contributed by atoms with Crippen LogP contribution in [0.3, 0.4) is 0 Å². The number of rotatable bonds is 6. The average Bonchev–Trinajstić information content (AvgIpc) is 2.67. The van der Waals surface area contributed by atoms with Crippen LogP contribution in [-0.4, -0.2) is 31.7 Å². The van der Waals surface area contributed by atoms with E-state index >= 15 is 0 Å². The minimum atomic E-state index is -3.52. The average molecular weight is 449 g/mol. The molecular formula is C23H29ClN2O3S. The topological polar surface area (TPSA) is 66.5 Å². The van der Waals surface area contributed by atoms with E-state index in [4.69, 9.17) is 11.6 Å². The number of sulfonamides is 1. The van der Waals surface area contributed by atoms with Gasteiger partial charge in [0.2, 0.25) is 15.9 Å². The first-order chi connectivity index (χ1) is 14.2. The second-order valence-corrected chi connectivity index (χ2v) is 10.6. The summed E-state index contributed by atoms with van der Waals surface area (Å²) in [6, 6.07) is 12.9. The van der Waals surface area contributed by atoms with Crippen molar-refractivity contribution in [3.63, 3.8) is 0 Å². The van der Waals surface area contributed by atoms with Gasteiger partial charge in [0, 0.05) is 18.1 Å². The van der Waals surface area contributed by atoms with E-state index in [1.165, 1.54) is 9.87 Å². The maximum absolute atomic E-state index is 12.9. The van der Waals surface area contributed by atoms with Gasteiger partial charge in [0.05, 0.1) is 17.7 Å². The minimum Gasteiger partial charge on any atom is -0.349 e. The van der Waals surface area contributed by atoms with Crippen molar-refractivity contribution in [2.75, 3.05) is 13.1 Å². The molecule has 7 heteroatoms. The smallest absolute Gasteiger partial charge is 0.224 e. The Morgan fingerprint density at radius 1 is 1.23 bits per heavy atom. The quantitative estimate of drug-likeness (QED) is 0.713. The van der Waals surface area contributed by atoms with Gasteiger partial charge in [-0.2, -0.15) is 0 Å². The summed E-state index contributed by atoms with van der Waals surface area (Å²) in [4.78, 5) is 12.9. The van der Waals surface area contributed by atoms with Gasteiger partial charge in [0.15, 0.2) is 0 Å². The van der Waals surface area contributed by atoms with Crippen molar-refractivity contribution in [2.45, 2.75) is 45.4 Å². The predicted molar refractivity (Wildman–Crippen MR) is 121 cm³/mol. The molecule has 2 atom stereocenters. The Kier molecular flexibility index (Phi) is 7.22. The molecule has 1 heterocycles. The fraction of sp³-hybridized carbons (Fsp3) is 0.435. The number of amides is 1. The van der Waals surface area contributed by atoms with E-state index in [2.05, 4.69) is 11.4 Å². The molecule has 1 aliphatic rings. The molecule has 0 bridgehead atoms. The van der Waals surface area contributed by atoms with Crippen molar-refractivity contribution in [3.05, 3.63) is 69.7 Å². The van der Waals surface area contributed by atoms with Crippen molar-refractivity contribution in [3.8, 4) is 0 Å². The maximum atomic E-state index is 12.9. The van der Waals surface area contributed by atoms with Crippen molar-refractivity contribution < 1.29 is 13.2 Å². The SMILES string of the molecule is Cc1ccc([C@H](C)NC(=O)[C@H]2CCCN(S(=O)(=O)Cc3cccc(Cl)c3)C2)c(C)c1. The van der Waals surface area contributed by atoms with Gasteiger partial charge in [-0.25, -0.2) is 12.7 Å². The second kappa shape index (κ2) is 9.50. The normalized spacial score (nSPS) is 18.7. The van der Waals surface area contributed by atoms with Crippen molar-refractivity contribution in [2.24, 2.45) is 5.92 Å². The zero-order valence-corrected chi connectivity index (χ0v) is 19.3. The molecule has 1 N–H and O–H groups in total. The monoisotopic (exact) mass is 448 g/mol. The lowest BCUT2D eigenvalue weighted by Crippen LogP contribution is -2.46. The third kappa shape index (κ3) is 5.62. The number of aryl methyl sites for hydroxylation is 2. The number of piperidine rings is 1. The summed E-state index contributed by atoms with van der Waals surface area (Å²) in [6.45, 7) is 6.70. The fourth-order valence-electron chi connectivity index (χ4n) is 4.06. The van der Waals surface area contributed by atoms with Crippen molar-refractivity contribution >= 4 is 27.5 Å². The van der Waals surface area contributed by atoms with Gasteiger partial charge in [-0.1, -0.05) is 47.5 Å². The number of hydrogen-bond acceptors (Lipinski definition) is 3. The Bertz CT molecular complexity index is 1020. The summed E-state index contributed by atoms with van der Waals surface area (Å²) in [7, 11) is -3.52. The van der Waals surface area contributed by atoms with Crippen LogP contribution in [0.2, 0.25) is 5.02 Å². The highest BCUT2D eigenvalue weighted by atomic mass is 35.5. The number of benzene rings is 2. The Labute approximate surface area is 184 Å². The van der Waals surface area contributed by atoms with E-state index in [0.717, 1.165) is 11.1 Å². The van der Waals surface area contributed by atoms with E-state index in [9.17, 15) is 13.2 Å². The van der Waals surface area contributed by atoms with E-state index in [1.54, 1.807) is 24.3 Å². The van der Waals surface area contributed by atoms with Crippen LogP contribution in [0.25, 0.3) is 0 Å². The summed E-state index contributed by atoms with van der Waals surface area (Å²) in [6.07, 6.45) is 1.36. The van der Waals surface area contributed by atoms with Gasteiger partial charge in [-0.05, 0) is 62.4 Å². The molecule has 1 saturated heterocycles. The molecule has 5 nitrogen and oxygen atoms in total. The maximum Gasteiger partial charge on any atom is 0.224 e. The Morgan fingerprint density at radius 3 is 2.70 bits per heavy atom. The molecule has 0 unspecified atom stereocenters. The lowest BCUT2D eigenvalue weighted by atomic mass is 9.96. The van der Waals surface area contributed by atoms with Gasteiger partial charge in [0.1, 0.15) is 0 Å². The molecule has 1 fully saturated rings. The summed E-state index contributed by atoms with van der Waals surface area (Å²) in [5, 5.41) is 3.59. The van der Waals surface area contributed by atoms with Gasteiger partial charge in [-0.15, -0.1) is 0 Å². The van der Waals surface area contributed by atoms with Crippen LogP contribution < -0.4 is 5.32 Å². The van der Waals surface area contributed by atoms with Crippen LogP contribution >= 0.6 is 11.6 Å². The summed E-state index contributed by atoms with van der Waals surface area (Å²) in [5.74, 6) is -0.549. The Morgan fingerprint density at radius 2 is 2.00 bits per heavy atom. The van der Waals surface area contributed by atoms with E-state index in [0.29, 0.717) is 30.0 Å². The lowest BCUT2D eigenvalue weighted by molar-refractivity contribution is -0.126. The summed E-state index contributed by atoms with van der Waals surface area (Å²) < 4.78 is 27.3. The number of halogens is 1. The van der Waals surface area contributed by atoms with Crippen LogP contribution in [0.5, 0.6) is 0 Å². The van der Waals surface area contributed by atoms with Crippen LogP contribution in [0.4, 0.5) is 0 Å². The van der Waals surface area contributed by atoms with Crippen molar-refractivity contribution in [1.29, 1.82) is 0 Å². The molecule has 0 aliphatic carbocycles. The zero-order valence-electron chi connectivity index (χ0n) is 17.7. The van der Waals surface area contributed by atoms with Gasteiger partial charge in [0.25, 0.3) is 0 Å². The largest absolute Gasteiger partial charge is 0.349 e. The first-order valence-corrected chi connectivity index (χ1v) is 12.2. The molecule has 0 aromatic heterocycles. The predicted octanol–water partition coefficient (Wildman–Crippen LogP) is 4.38. The molecule has 0 spiro atoms. The standard InChI is InChI=1S/C23H29ClN2O3S/c1-16-9-10-22(17(2)12-16)18(3)25-23(27)20-7-5-11-26(14-20)30(28,29)15-19-6-4-8-21(24)13-19/h4,6,8-10,12-13,18,20H,5,7,11,14-15H2,1-3H3,(H,25,27)/t18-,20-/m0/s1. The number of carbonyl (C=O) groups is 1. The first kappa shape index (κ1) is 22.8. The van der Waals surface area contributed by atoms with Crippen molar-refractivity contribution in [1.82, 2.24) is 9.62 Å². The highest BCUT2D eigenvalue weighted by Gasteiger charge is 2.33. The third-order valence-corrected chi connectivity index (χ3v) is 7.69. The number of carbonyl (C=O) groups excluding carboxylic acids is 1. The van der Waals surface area contributed by atoms with E-state index < -0.39 is 10.0 Å². The highest BCUT2D eigenvalue weighted by Crippen LogP contribution is 2.24. The van der Waals surface area contributed by atoms with Gasteiger partial charge < -0.3 is 5.32 Å². The van der Waals surface area contributed by atoms with E-state index in [-0.39, 0.29) is 30.2 Å². The van der Waals surface area contributed by atoms with Gasteiger partial charge >= 0.3 is 0 Å². The molecule has 162 valence electrons. The molecule has 1 amide bonds. The van der Waals surface area contributed by atoms with Crippen LogP contribution in [0.1, 0.15) is 48.1 Å². The molecule has 3 rings (SSSR count). The molecule has 2 aromatic carbocycles. The number of nitrogens with zero attached hydrogens (tertiary/aromatic N) is 1.